The number of rotatable bonds is 5. The maximum atomic E-state index is 9.16. The quantitative estimate of drug-likeness (QED) is 0.829. The highest BCUT2D eigenvalue weighted by Crippen LogP contribution is 2.16. The summed E-state index contributed by atoms with van der Waals surface area (Å²) in [6.07, 6.45) is 0.842. The first-order valence-corrected chi connectivity index (χ1v) is 7.03. The van der Waals surface area contributed by atoms with E-state index in [9.17, 15) is 0 Å². The molecule has 0 radical (unpaired) electrons. The summed E-state index contributed by atoms with van der Waals surface area (Å²) in [5.74, 6) is 0. The minimum Gasteiger partial charge on any atom is -0.394 e. The Balaban J connectivity index is 1.77. The van der Waals surface area contributed by atoms with Crippen LogP contribution in [0.1, 0.15) is 13.3 Å². The molecule has 1 unspecified atom stereocenters. The molecule has 0 amide bonds. The third-order valence-corrected chi connectivity index (χ3v) is 3.85. The second-order valence-electron chi connectivity index (χ2n) is 5.73. The lowest BCUT2D eigenvalue weighted by molar-refractivity contribution is 0.171. The fraction of sp³-hybridized carbons (Fsp3) is 0.600. The topological polar surface area (TPSA) is 52.7 Å². The van der Waals surface area contributed by atoms with E-state index < -0.39 is 5.54 Å². The Morgan fingerprint density at radius 1 is 1.16 bits per heavy atom. The van der Waals surface area contributed by atoms with Crippen LogP contribution in [0.25, 0.3) is 0 Å². The molecule has 0 spiro atoms. The van der Waals surface area contributed by atoms with Crippen LogP contribution in [0.15, 0.2) is 30.3 Å². The molecule has 0 bridgehead atoms. The summed E-state index contributed by atoms with van der Waals surface area (Å²) >= 11 is 0. The minimum atomic E-state index is -0.448. The van der Waals surface area contributed by atoms with E-state index >= 15 is 0 Å². The molecule has 0 aliphatic carbocycles. The van der Waals surface area contributed by atoms with E-state index in [1.807, 2.05) is 6.92 Å². The van der Waals surface area contributed by atoms with Crippen LogP contribution in [0.3, 0.4) is 0 Å². The highest BCUT2D eigenvalue weighted by molar-refractivity contribution is 5.46. The first-order chi connectivity index (χ1) is 9.11. The molecule has 0 aromatic heterocycles. The SMILES string of the molecule is CC(N)(CO)CCN1CCN(c2ccccc2)CC1. The maximum absolute atomic E-state index is 9.16. The third-order valence-electron chi connectivity index (χ3n) is 3.85. The average molecular weight is 263 g/mol. The second-order valence-corrected chi connectivity index (χ2v) is 5.73. The smallest absolute Gasteiger partial charge is 0.0608 e. The van der Waals surface area contributed by atoms with Gasteiger partial charge in [-0.25, -0.2) is 0 Å². The molecular weight excluding hydrogens is 238 g/mol. The normalized spacial score (nSPS) is 20.3. The lowest BCUT2D eigenvalue weighted by Gasteiger charge is -2.37. The molecule has 1 aliphatic heterocycles. The molecule has 1 saturated heterocycles. The number of piperazine rings is 1. The number of aliphatic hydroxyl groups is 1. The molecule has 1 heterocycles. The molecular formula is C15H25N3O. The molecule has 1 aliphatic rings. The molecule has 1 atom stereocenters. The van der Waals surface area contributed by atoms with Crippen molar-refractivity contribution in [3.63, 3.8) is 0 Å². The fourth-order valence-electron chi connectivity index (χ4n) is 2.36. The van der Waals surface area contributed by atoms with Crippen LogP contribution >= 0.6 is 0 Å². The van der Waals surface area contributed by atoms with Gasteiger partial charge in [0.15, 0.2) is 0 Å². The summed E-state index contributed by atoms with van der Waals surface area (Å²) in [6, 6.07) is 10.6. The van der Waals surface area contributed by atoms with E-state index in [4.69, 9.17) is 10.8 Å². The maximum Gasteiger partial charge on any atom is 0.0608 e. The molecule has 3 N–H and O–H groups in total. The van der Waals surface area contributed by atoms with Gasteiger partial charge in [0.25, 0.3) is 0 Å². The summed E-state index contributed by atoms with van der Waals surface area (Å²) in [5.41, 5.74) is 6.82. The van der Waals surface area contributed by atoms with Crippen molar-refractivity contribution in [2.45, 2.75) is 18.9 Å². The van der Waals surface area contributed by atoms with Crippen LogP contribution in [-0.2, 0) is 0 Å². The number of hydrogen-bond acceptors (Lipinski definition) is 4. The first-order valence-electron chi connectivity index (χ1n) is 7.03. The Hall–Kier alpha value is -1.10. The van der Waals surface area contributed by atoms with Gasteiger partial charge in [-0.1, -0.05) is 18.2 Å². The van der Waals surface area contributed by atoms with Crippen molar-refractivity contribution in [1.29, 1.82) is 0 Å². The number of benzene rings is 1. The van der Waals surface area contributed by atoms with Gasteiger partial charge in [0.2, 0.25) is 0 Å². The van der Waals surface area contributed by atoms with Gasteiger partial charge in [0.05, 0.1) is 6.61 Å². The van der Waals surface area contributed by atoms with E-state index in [0.717, 1.165) is 39.1 Å². The molecule has 1 fully saturated rings. The number of nitrogens with two attached hydrogens (primary N) is 1. The Morgan fingerprint density at radius 2 is 1.79 bits per heavy atom. The van der Waals surface area contributed by atoms with Crippen molar-refractivity contribution >= 4 is 5.69 Å². The molecule has 4 nitrogen and oxygen atoms in total. The Kier molecular flexibility index (Phi) is 4.80. The molecule has 1 aromatic rings. The van der Waals surface area contributed by atoms with Gasteiger partial charge in [-0.05, 0) is 25.5 Å². The molecule has 1 aromatic carbocycles. The van der Waals surface area contributed by atoms with Gasteiger partial charge >= 0.3 is 0 Å². The highest BCUT2D eigenvalue weighted by Gasteiger charge is 2.21. The predicted molar refractivity (Wildman–Crippen MR) is 79.4 cm³/mol. The van der Waals surface area contributed by atoms with Crippen LogP contribution in [0.4, 0.5) is 5.69 Å². The van der Waals surface area contributed by atoms with Gasteiger partial charge in [-0.15, -0.1) is 0 Å². The summed E-state index contributed by atoms with van der Waals surface area (Å²) in [5, 5.41) is 9.16. The monoisotopic (exact) mass is 263 g/mol. The van der Waals surface area contributed by atoms with Crippen LogP contribution in [-0.4, -0.2) is 54.9 Å². The van der Waals surface area contributed by atoms with E-state index in [2.05, 4.69) is 40.1 Å². The minimum absolute atomic E-state index is 0.0526. The number of anilines is 1. The Bertz CT molecular complexity index is 372. The van der Waals surface area contributed by atoms with Gasteiger partial charge in [-0.2, -0.15) is 0 Å². The van der Waals surface area contributed by atoms with Gasteiger partial charge in [0.1, 0.15) is 0 Å². The number of para-hydroxylation sites is 1. The Labute approximate surface area is 115 Å². The molecule has 4 heteroatoms. The van der Waals surface area contributed by atoms with Crippen LogP contribution in [0.2, 0.25) is 0 Å². The van der Waals surface area contributed by atoms with Crippen molar-refractivity contribution in [3.8, 4) is 0 Å². The fourth-order valence-corrected chi connectivity index (χ4v) is 2.36. The zero-order valence-electron chi connectivity index (χ0n) is 11.8. The second kappa shape index (κ2) is 6.37. The van der Waals surface area contributed by atoms with Gasteiger partial charge < -0.3 is 15.7 Å². The van der Waals surface area contributed by atoms with Gasteiger partial charge in [0, 0.05) is 44.0 Å². The number of aliphatic hydroxyl groups excluding tert-OH is 1. The zero-order chi connectivity index (χ0) is 13.7. The van der Waals surface area contributed by atoms with Crippen LogP contribution in [0, 0.1) is 0 Å². The van der Waals surface area contributed by atoms with Gasteiger partial charge in [-0.3, -0.25) is 4.90 Å². The molecule has 0 saturated carbocycles. The predicted octanol–water partition coefficient (Wildman–Crippen LogP) is 0.908. The van der Waals surface area contributed by atoms with E-state index in [1.54, 1.807) is 0 Å². The standard InChI is InChI=1S/C15H25N3O/c1-15(16,13-19)7-8-17-9-11-18(12-10-17)14-5-3-2-4-6-14/h2-6,19H,7-13,16H2,1H3. The van der Waals surface area contributed by atoms with Crippen molar-refractivity contribution in [2.24, 2.45) is 5.73 Å². The van der Waals surface area contributed by atoms with Crippen LogP contribution in [0.5, 0.6) is 0 Å². The average Bonchev–Trinajstić information content (AvgIpc) is 2.47. The largest absolute Gasteiger partial charge is 0.394 e. The van der Waals surface area contributed by atoms with Crippen molar-refractivity contribution in [2.75, 3.05) is 44.2 Å². The van der Waals surface area contributed by atoms with Crippen molar-refractivity contribution in [1.82, 2.24) is 4.90 Å². The van der Waals surface area contributed by atoms with Crippen LogP contribution < -0.4 is 10.6 Å². The van der Waals surface area contributed by atoms with E-state index in [0.29, 0.717) is 0 Å². The lowest BCUT2D eigenvalue weighted by Crippen LogP contribution is -2.49. The third kappa shape index (κ3) is 4.20. The first kappa shape index (κ1) is 14.3. The van der Waals surface area contributed by atoms with Crippen molar-refractivity contribution < 1.29 is 5.11 Å². The summed E-state index contributed by atoms with van der Waals surface area (Å²) in [4.78, 5) is 4.85. The Morgan fingerprint density at radius 3 is 2.37 bits per heavy atom. The summed E-state index contributed by atoms with van der Waals surface area (Å²) in [7, 11) is 0. The zero-order valence-corrected chi connectivity index (χ0v) is 11.8. The molecule has 19 heavy (non-hydrogen) atoms. The van der Waals surface area contributed by atoms with E-state index in [1.165, 1.54) is 5.69 Å². The highest BCUT2D eigenvalue weighted by atomic mass is 16.3. The van der Waals surface area contributed by atoms with Crippen molar-refractivity contribution in [3.05, 3.63) is 30.3 Å². The summed E-state index contributed by atoms with van der Waals surface area (Å²) < 4.78 is 0. The summed E-state index contributed by atoms with van der Waals surface area (Å²) in [6.45, 7) is 7.18. The van der Waals surface area contributed by atoms with E-state index in [-0.39, 0.29) is 6.61 Å². The number of nitrogens with zero attached hydrogens (tertiary/aromatic N) is 2. The lowest BCUT2D eigenvalue weighted by atomic mass is 10.0. The molecule has 2 rings (SSSR count). The molecule has 106 valence electrons. The number of hydrogen-bond donors (Lipinski definition) is 2.